The van der Waals surface area contributed by atoms with Crippen LogP contribution in [-0.4, -0.2) is 38.9 Å². The standard InChI is InChI=1S/C11H17N3O2S/c15-17(16)13-7-9-14(17)8-6-12-10-11-4-2-1-3-5-11/h1-5,12-13H,6-10H2. The first-order valence-corrected chi connectivity index (χ1v) is 7.12. The average molecular weight is 255 g/mol. The van der Waals surface area contributed by atoms with Crippen LogP contribution in [0.5, 0.6) is 0 Å². The van der Waals surface area contributed by atoms with Crippen molar-refractivity contribution in [1.29, 1.82) is 0 Å². The van der Waals surface area contributed by atoms with Crippen LogP contribution >= 0.6 is 0 Å². The molecule has 2 N–H and O–H groups in total. The lowest BCUT2D eigenvalue weighted by Gasteiger charge is -2.13. The highest BCUT2D eigenvalue weighted by atomic mass is 32.2. The van der Waals surface area contributed by atoms with Crippen LogP contribution in [0.25, 0.3) is 0 Å². The molecule has 0 amide bonds. The molecule has 1 fully saturated rings. The maximum atomic E-state index is 11.4. The van der Waals surface area contributed by atoms with Crippen LogP contribution in [0.4, 0.5) is 0 Å². The third-order valence-corrected chi connectivity index (χ3v) is 4.31. The van der Waals surface area contributed by atoms with E-state index in [9.17, 15) is 8.42 Å². The van der Waals surface area contributed by atoms with Gasteiger partial charge in [0.15, 0.2) is 0 Å². The molecule has 6 heteroatoms. The summed E-state index contributed by atoms with van der Waals surface area (Å²) < 4.78 is 26.8. The molecule has 17 heavy (non-hydrogen) atoms. The second-order valence-electron chi connectivity index (χ2n) is 3.96. The molecular formula is C11H17N3O2S. The molecular weight excluding hydrogens is 238 g/mol. The summed E-state index contributed by atoms with van der Waals surface area (Å²) in [6, 6.07) is 10.0. The SMILES string of the molecule is O=S1(=O)NCCN1CCNCc1ccccc1. The molecule has 0 bridgehead atoms. The molecule has 0 atom stereocenters. The molecule has 1 aromatic rings. The zero-order valence-corrected chi connectivity index (χ0v) is 10.4. The van der Waals surface area contributed by atoms with Gasteiger partial charge in [-0.15, -0.1) is 0 Å². The normalized spacial score (nSPS) is 19.5. The summed E-state index contributed by atoms with van der Waals surface area (Å²) in [6.45, 7) is 3.02. The molecule has 0 aromatic heterocycles. The van der Waals surface area contributed by atoms with Crippen molar-refractivity contribution in [3.8, 4) is 0 Å². The van der Waals surface area contributed by atoms with Crippen LogP contribution in [-0.2, 0) is 16.8 Å². The summed E-state index contributed by atoms with van der Waals surface area (Å²) in [5.74, 6) is 0. The van der Waals surface area contributed by atoms with Gasteiger partial charge in [-0.3, -0.25) is 0 Å². The van der Waals surface area contributed by atoms with E-state index in [-0.39, 0.29) is 0 Å². The van der Waals surface area contributed by atoms with E-state index >= 15 is 0 Å². The van der Waals surface area contributed by atoms with Gasteiger partial charge in [-0.1, -0.05) is 30.3 Å². The number of hydrogen-bond donors (Lipinski definition) is 2. The number of hydrogen-bond acceptors (Lipinski definition) is 3. The van der Waals surface area contributed by atoms with Crippen molar-refractivity contribution in [3.05, 3.63) is 35.9 Å². The molecule has 0 radical (unpaired) electrons. The van der Waals surface area contributed by atoms with Crippen LogP contribution < -0.4 is 10.0 Å². The van der Waals surface area contributed by atoms with E-state index in [1.54, 1.807) is 0 Å². The third kappa shape index (κ3) is 3.50. The minimum Gasteiger partial charge on any atom is -0.311 e. The van der Waals surface area contributed by atoms with Gasteiger partial charge in [-0.05, 0) is 5.56 Å². The Kier molecular flexibility index (Phi) is 4.11. The van der Waals surface area contributed by atoms with E-state index < -0.39 is 10.2 Å². The molecule has 1 aliphatic rings. The third-order valence-electron chi connectivity index (χ3n) is 2.70. The fourth-order valence-corrected chi connectivity index (χ4v) is 2.97. The van der Waals surface area contributed by atoms with Crippen molar-refractivity contribution < 1.29 is 8.42 Å². The summed E-state index contributed by atoms with van der Waals surface area (Å²) in [7, 11) is -3.19. The first-order chi connectivity index (χ1) is 8.18. The molecule has 1 saturated heterocycles. The van der Waals surface area contributed by atoms with Crippen molar-refractivity contribution in [2.24, 2.45) is 0 Å². The fourth-order valence-electron chi connectivity index (χ4n) is 1.78. The van der Waals surface area contributed by atoms with Gasteiger partial charge in [0.05, 0.1) is 0 Å². The highest BCUT2D eigenvalue weighted by Crippen LogP contribution is 2.02. The van der Waals surface area contributed by atoms with E-state index in [0.29, 0.717) is 26.2 Å². The molecule has 94 valence electrons. The van der Waals surface area contributed by atoms with Gasteiger partial charge in [0.2, 0.25) is 0 Å². The lowest BCUT2D eigenvalue weighted by atomic mass is 10.2. The Hall–Kier alpha value is -0.950. The van der Waals surface area contributed by atoms with Crippen molar-refractivity contribution >= 4 is 10.2 Å². The molecule has 2 rings (SSSR count). The maximum absolute atomic E-state index is 11.4. The van der Waals surface area contributed by atoms with Gasteiger partial charge < -0.3 is 5.32 Å². The quantitative estimate of drug-likeness (QED) is 0.724. The first-order valence-electron chi connectivity index (χ1n) is 5.68. The molecule has 1 heterocycles. The van der Waals surface area contributed by atoms with Crippen LogP contribution in [0.15, 0.2) is 30.3 Å². The van der Waals surface area contributed by atoms with Gasteiger partial charge in [0.25, 0.3) is 10.2 Å². The van der Waals surface area contributed by atoms with E-state index in [0.717, 1.165) is 6.54 Å². The zero-order valence-electron chi connectivity index (χ0n) is 9.59. The Labute approximate surface area is 102 Å². The van der Waals surface area contributed by atoms with Crippen molar-refractivity contribution in [2.45, 2.75) is 6.54 Å². The van der Waals surface area contributed by atoms with Crippen LogP contribution in [0.3, 0.4) is 0 Å². The second kappa shape index (κ2) is 5.59. The lowest BCUT2D eigenvalue weighted by Crippen LogP contribution is -2.35. The van der Waals surface area contributed by atoms with Crippen LogP contribution in [0, 0.1) is 0 Å². The van der Waals surface area contributed by atoms with Crippen molar-refractivity contribution in [1.82, 2.24) is 14.3 Å². The fraction of sp³-hybridized carbons (Fsp3) is 0.455. The first kappa shape index (κ1) is 12.5. The van der Waals surface area contributed by atoms with Gasteiger partial charge in [-0.25, -0.2) is 4.72 Å². The number of nitrogens with zero attached hydrogens (tertiary/aromatic N) is 1. The topological polar surface area (TPSA) is 61.4 Å². The Bertz CT molecular complexity index is 447. The summed E-state index contributed by atoms with van der Waals surface area (Å²) in [5.41, 5.74) is 1.20. The van der Waals surface area contributed by atoms with E-state index in [2.05, 4.69) is 10.0 Å². The molecule has 0 saturated carbocycles. The zero-order chi connectivity index (χ0) is 12.1. The Morgan fingerprint density at radius 1 is 1.29 bits per heavy atom. The number of benzene rings is 1. The molecule has 0 aliphatic carbocycles. The summed E-state index contributed by atoms with van der Waals surface area (Å²) in [6.07, 6.45) is 0. The Balaban J connectivity index is 1.70. The largest absolute Gasteiger partial charge is 0.311 e. The van der Waals surface area contributed by atoms with E-state index in [1.165, 1.54) is 9.87 Å². The predicted molar refractivity (Wildman–Crippen MR) is 66.6 cm³/mol. The smallest absolute Gasteiger partial charge is 0.279 e. The number of nitrogens with one attached hydrogen (secondary N) is 2. The monoisotopic (exact) mass is 255 g/mol. The van der Waals surface area contributed by atoms with Crippen molar-refractivity contribution in [3.63, 3.8) is 0 Å². The molecule has 5 nitrogen and oxygen atoms in total. The van der Waals surface area contributed by atoms with Crippen LogP contribution in [0.1, 0.15) is 5.56 Å². The second-order valence-corrected chi connectivity index (χ2v) is 5.72. The van der Waals surface area contributed by atoms with Gasteiger partial charge in [0, 0.05) is 32.7 Å². The lowest BCUT2D eigenvalue weighted by molar-refractivity contribution is 0.439. The van der Waals surface area contributed by atoms with Gasteiger partial charge >= 0.3 is 0 Å². The number of rotatable bonds is 5. The minimum atomic E-state index is -3.19. The van der Waals surface area contributed by atoms with Gasteiger partial charge in [0.1, 0.15) is 0 Å². The summed E-state index contributed by atoms with van der Waals surface area (Å²) in [4.78, 5) is 0. The van der Waals surface area contributed by atoms with Crippen LogP contribution in [0.2, 0.25) is 0 Å². The molecule has 1 aliphatic heterocycles. The highest BCUT2D eigenvalue weighted by molar-refractivity contribution is 7.87. The predicted octanol–water partition coefficient (Wildman–Crippen LogP) is -0.0738. The Morgan fingerprint density at radius 2 is 2.06 bits per heavy atom. The molecule has 0 unspecified atom stereocenters. The molecule has 0 spiro atoms. The summed E-state index contributed by atoms with van der Waals surface area (Å²) in [5, 5.41) is 3.23. The average Bonchev–Trinajstić information content (AvgIpc) is 2.66. The Morgan fingerprint density at radius 3 is 2.71 bits per heavy atom. The maximum Gasteiger partial charge on any atom is 0.279 e. The highest BCUT2D eigenvalue weighted by Gasteiger charge is 2.26. The van der Waals surface area contributed by atoms with E-state index in [4.69, 9.17) is 0 Å². The summed E-state index contributed by atoms with van der Waals surface area (Å²) >= 11 is 0. The molecule has 1 aromatic carbocycles. The van der Waals surface area contributed by atoms with Gasteiger partial charge in [-0.2, -0.15) is 12.7 Å². The minimum absolute atomic E-state index is 0.515. The van der Waals surface area contributed by atoms with Crippen molar-refractivity contribution in [2.75, 3.05) is 26.2 Å². The van der Waals surface area contributed by atoms with E-state index in [1.807, 2.05) is 30.3 Å².